The molecule has 5 nitrogen and oxygen atoms in total. The lowest BCUT2D eigenvalue weighted by atomic mass is 10.2. The first kappa shape index (κ1) is 13.5. The van der Waals surface area contributed by atoms with E-state index in [0.717, 1.165) is 5.56 Å². The molecule has 1 aromatic carbocycles. The molecule has 0 saturated heterocycles. The van der Waals surface area contributed by atoms with Crippen molar-refractivity contribution >= 4 is 11.8 Å². The van der Waals surface area contributed by atoms with Gasteiger partial charge in [0.25, 0.3) is 0 Å². The van der Waals surface area contributed by atoms with Gasteiger partial charge in [-0.25, -0.2) is 4.79 Å². The van der Waals surface area contributed by atoms with Crippen LogP contribution in [0.25, 0.3) is 0 Å². The summed E-state index contributed by atoms with van der Waals surface area (Å²) in [6, 6.07) is 7.27. The van der Waals surface area contributed by atoms with Crippen molar-refractivity contribution in [3.8, 4) is 0 Å². The molecule has 17 heavy (non-hydrogen) atoms. The van der Waals surface area contributed by atoms with Gasteiger partial charge in [-0.2, -0.15) is 0 Å². The van der Waals surface area contributed by atoms with Gasteiger partial charge < -0.3 is 14.6 Å². The minimum atomic E-state index is -1.03. The molecular formula is C12H17NO4. The smallest absolute Gasteiger partial charge is 0.411 e. The Morgan fingerprint density at radius 2 is 2.06 bits per heavy atom. The number of hydrogen-bond donors (Lipinski definition) is 1. The van der Waals surface area contributed by atoms with E-state index >= 15 is 0 Å². The maximum atomic E-state index is 11.2. The van der Waals surface area contributed by atoms with Crippen LogP contribution in [-0.2, 0) is 9.47 Å². The van der Waals surface area contributed by atoms with E-state index in [2.05, 4.69) is 0 Å². The van der Waals surface area contributed by atoms with Gasteiger partial charge in [0.05, 0.1) is 6.54 Å². The Morgan fingerprint density at radius 1 is 1.41 bits per heavy atom. The van der Waals surface area contributed by atoms with Crippen molar-refractivity contribution in [2.75, 3.05) is 25.7 Å². The highest BCUT2D eigenvalue weighted by Crippen LogP contribution is 2.17. The van der Waals surface area contributed by atoms with Crippen molar-refractivity contribution < 1.29 is 19.4 Å². The fourth-order valence-electron chi connectivity index (χ4n) is 1.48. The average Bonchev–Trinajstić information content (AvgIpc) is 2.30. The Hall–Kier alpha value is -1.59. The maximum absolute atomic E-state index is 11.2. The van der Waals surface area contributed by atoms with Crippen LogP contribution in [0.5, 0.6) is 0 Å². The molecule has 0 bridgehead atoms. The number of rotatable bonds is 5. The molecular weight excluding hydrogens is 222 g/mol. The summed E-state index contributed by atoms with van der Waals surface area (Å²) in [7, 11) is 2.95. The van der Waals surface area contributed by atoms with Gasteiger partial charge in [0, 0.05) is 19.9 Å². The first-order valence-electron chi connectivity index (χ1n) is 5.21. The second-order valence-corrected chi connectivity index (χ2v) is 3.63. The summed E-state index contributed by atoms with van der Waals surface area (Å²) in [6.45, 7) is 2.04. The van der Waals surface area contributed by atoms with Crippen LogP contribution in [0.4, 0.5) is 10.5 Å². The fraction of sp³-hybridized carbons (Fsp3) is 0.417. The second kappa shape index (κ2) is 6.22. The molecule has 5 heteroatoms. The van der Waals surface area contributed by atoms with Crippen molar-refractivity contribution in [1.82, 2.24) is 0 Å². The third-order valence-corrected chi connectivity index (χ3v) is 2.40. The molecule has 0 aromatic heterocycles. The van der Waals surface area contributed by atoms with Gasteiger partial charge in [-0.3, -0.25) is 4.90 Å². The van der Waals surface area contributed by atoms with Gasteiger partial charge in [0.2, 0.25) is 0 Å². The Kier molecular flexibility index (Phi) is 4.93. The van der Waals surface area contributed by atoms with E-state index in [1.807, 2.05) is 19.1 Å². The number of hydrogen-bond acceptors (Lipinski definition) is 3. The highest BCUT2D eigenvalue weighted by Gasteiger charge is 2.19. The van der Waals surface area contributed by atoms with Crippen LogP contribution in [0.3, 0.4) is 0 Å². The zero-order valence-electron chi connectivity index (χ0n) is 10.2. The van der Waals surface area contributed by atoms with E-state index in [4.69, 9.17) is 9.47 Å². The molecule has 0 aliphatic heterocycles. The summed E-state index contributed by atoms with van der Waals surface area (Å²) >= 11 is 0. The standard InChI is InChI=1S/C12H17NO4/c1-9-5-4-6-10(7-9)13(12(14)15)8-11(16-2)17-3/h4-7,11H,8H2,1-3H3,(H,14,15). The highest BCUT2D eigenvalue weighted by atomic mass is 16.7. The number of amides is 1. The van der Waals surface area contributed by atoms with Crippen molar-refractivity contribution in [2.24, 2.45) is 0 Å². The molecule has 94 valence electrons. The predicted octanol–water partition coefficient (Wildman–Crippen LogP) is 2.10. The molecule has 1 N–H and O–H groups in total. The highest BCUT2D eigenvalue weighted by molar-refractivity contribution is 5.86. The Labute approximate surface area is 101 Å². The van der Waals surface area contributed by atoms with Crippen LogP contribution < -0.4 is 4.90 Å². The Balaban J connectivity index is 2.89. The minimum Gasteiger partial charge on any atom is -0.465 e. The minimum absolute atomic E-state index is 0.131. The van der Waals surface area contributed by atoms with E-state index in [1.54, 1.807) is 12.1 Å². The Morgan fingerprint density at radius 3 is 2.53 bits per heavy atom. The number of methoxy groups -OCH3 is 2. The van der Waals surface area contributed by atoms with E-state index in [1.165, 1.54) is 19.1 Å². The van der Waals surface area contributed by atoms with Crippen molar-refractivity contribution in [1.29, 1.82) is 0 Å². The molecule has 1 aromatic rings. The molecule has 0 unspecified atom stereocenters. The van der Waals surface area contributed by atoms with Crippen LogP contribution in [0, 0.1) is 6.92 Å². The van der Waals surface area contributed by atoms with Crippen molar-refractivity contribution in [2.45, 2.75) is 13.2 Å². The number of benzene rings is 1. The van der Waals surface area contributed by atoms with E-state index < -0.39 is 12.4 Å². The largest absolute Gasteiger partial charge is 0.465 e. The van der Waals surface area contributed by atoms with Crippen LogP contribution >= 0.6 is 0 Å². The quantitative estimate of drug-likeness (QED) is 0.799. The monoisotopic (exact) mass is 239 g/mol. The summed E-state index contributed by atoms with van der Waals surface area (Å²) in [5, 5.41) is 9.17. The topological polar surface area (TPSA) is 59.0 Å². The van der Waals surface area contributed by atoms with Crippen LogP contribution in [0.1, 0.15) is 5.56 Å². The molecule has 0 aliphatic carbocycles. The van der Waals surface area contributed by atoms with Gasteiger partial charge in [-0.05, 0) is 24.6 Å². The fourth-order valence-corrected chi connectivity index (χ4v) is 1.48. The third-order valence-electron chi connectivity index (χ3n) is 2.40. The van der Waals surface area contributed by atoms with Gasteiger partial charge in [0.1, 0.15) is 0 Å². The van der Waals surface area contributed by atoms with Gasteiger partial charge in [-0.1, -0.05) is 12.1 Å². The van der Waals surface area contributed by atoms with Crippen molar-refractivity contribution in [3.05, 3.63) is 29.8 Å². The van der Waals surface area contributed by atoms with Crippen LogP contribution in [0.2, 0.25) is 0 Å². The molecule has 0 spiro atoms. The molecule has 0 radical (unpaired) electrons. The number of aryl methyl sites for hydroxylation is 1. The van der Waals surface area contributed by atoms with E-state index in [9.17, 15) is 9.90 Å². The SMILES string of the molecule is COC(CN(C(=O)O)c1cccc(C)c1)OC. The molecule has 1 amide bonds. The number of nitrogens with zero attached hydrogens (tertiary/aromatic N) is 1. The average molecular weight is 239 g/mol. The van der Waals surface area contributed by atoms with Gasteiger partial charge in [-0.15, -0.1) is 0 Å². The molecule has 0 heterocycles. The summed E-state index contributed by atoms with van der Waals surface area (Å²) in [6.07, 6.45) is -1.61. The number of carboxylic acid groups (broad SMARTS) is 1. The first-order chi connectivity index (χ1) is 8.08. The lowest BCUT2D eigenvalue weighted by Gasteiger charge is -2.23. The summed E-state index contributed by atoms with van der Waals surface area (Å²) in [4.78, 5) is 12.4. The van der Waals surface area contributed by atoms with Crippen LogP contribution in [0.15, 0.2) is 24.3 Å². The van der Waals surface area contributed by atoms with E-state index in [0.29, 0.717) is 5.69 Å². The number of ether oxygens (including phenoxy) is 2. The molecule has 0 atom stereocenters. The molecule has 0 aliphatic rings. The molecule has 0 saturated carbocycles. The second-order valence-electron chi connectivity index (χ2n) is 3.63. The first-order valence-corrected chi connectivity index (χ1v) is 5.21. The summed E-state index contributed by atoms with van der Waals surface area (Å²) in [5.74, 6) is 0. The normalized spacial score (nSPS) is 10.6. The Bertz CT molecular complexity index is 377. The zero-order valence-corrected chi connectivity index (χ0v) is 10.2. The lowest BCUT2D eigenvalue weighted by molar-refractivity contribution is -0.0943. The van der Waals surface area contributed by atoms with Gasteiger partial charge >= 0.3 is 6.09 Å². The number of carbonyl (C=O) groups is 1. The predicted molar refractivity (Wildman–Crippen MR) is 64.4 cm³/mol. The molecule has 0 fully saturated rings. The lowest BCUT2D eigenvalue weighted by Crippen LogP contribution is -2.38. The van der Waals surface area contributed by atoms with Gasteiger partial charge in [0.15, 0.2) is 6.29 Å². The van der Waals surface area contributed by atoms with Crippen molar-refractivity contribution in [3.63, 3.8) is 0 Å². The molecule has 1 rings (SSSR count). The summed E-state index contributed by atoms with van der Waals surface area (Å²) < 4.78 is 10.0. The summed E-state index contributed by atoms with van der Waals surface area (Å²) in [5.41, 5.74) is 1.61. The third kappa shape index (κ3) is 3.72. The zero-order chi connectivity index (χ0) is 12.8. The van der Waals surface area contributed by atoms with E-state index in [-0.39, 0.29) is 6.54 Å². The maximum Gasteiger partial charge on any atom is 0.411 e. The van der Waals surface area contributed by atoms with Crippen LogP contribution in [-0.4, -0.2) is 38.3 Å². The number of anilines is 1.